The zero-order valence-corrected chi connectivity index (χ0v) is 16.9. The molecule has 0 amide bonds. The largest absolute Gasteiger partial charge is 0.495 e. The van der Waals surface area contributed by atoms with Crippen LogP contribution in [-0.4, -0.2) is 18.2 Å². The highest BCUT2D eigenvalue weighted by Gasteiger charge is 2.11. The van der Waals surface area contributed by atoms with Crippen LogP contribution in [0, 0.1) is 0 Å². The summed E-state index contributed by atoms with van der Waals surface area (Å²) in [6, 6.07) is 20.6. The number of ether oxygens (including phenoxy) is 2. The molecule has 5 nitrogen and oxygen atoms in total. The molecule has 144 valence electrons. The van der Waals surface area contributed by atoms with Crippen molar-refractivity contribution in [2.75, 3.05) is 12.4 Å². The van der Waals surface area contributed by atoms with Gasteiger partial charge in [-0.1, -0.05) is 46.3 Å². The minimum Gasteiger partial charge on any atom is -0.495 e. The van der Waals surface area contributed by atoms with Crippen molar-refractivity contribution >= 4 is 27.6 Å². The average Bonchev–Trinajstić information content (AvgIpc) is 2.72. The lowest BCUT2D eigenvalue weighted by Gasteiger charge is -2.15. The Morgan fingerprint density at radius 1 is 1.04 bits per heavy atom. The molecular weight excluding hydrogens is 422 g/mol. The molecule has 3 aromatic rings. The van der Waals surface area contributed by atoms with E-state index < -0.39 is 5.97 Å². The Kier molecular flexibility index (Phi) is 6.55. The Bertz CT molecular complexity index is 960. The van der Waals surface area contributed by atoms with E-state index in [1.54, 1.807) is 12.1 Å². The standard InChI is InChI=1S/C22H20BrNO4/c1-27-21-12-16(22(25)26)7-9-19(21)24-13-17-11-18(23)8-10-20(17)28-14-15-5-3-2-4-6-15/h2-12,24H,13-14H2,1H3,(H,25,26). The molecule has 0 atom stereocenters. The van der Waals surface area contributed by atoms with Crippen LogP contribution in [0.5, 0.6) is 11.5 Å². The molecule has 0 heterocycles. The van der Waals surface area contributed by atoms with Gasteiger partial charge in [0.25, 0.3) is 0 Å². The number of carboxylic acid groups (broad SMARTS) is 1. The zero-order chi connectivity index (χ0) is 19.9. The van der Waals surface area contributed by atoms with Gasteiger partial charge < -0.3 is 19.9 Å². The third-order valence-electron chi connectivity index (χ3n) is 4.18. The van der Waals surface area contributed by atoms with Gasteiger partial charge in [0.2, 0.25) is 0 Å². The van der Waals surface area contributed by atoms with Crippen molar-refractivity contribution in [2.45, 2.75) is 13.2 Å². The molecule has 3 rings (SSSR count). The number of hydrogen-bond acceptors (Lipinski definition) is 4. The van der Waals surface area contributed by atoms with E-state index in [0.29, 0.717) is 24.6 Å². The third kappa shape index (κ3) is 5.04. The molecule has 0 aliphatic rings. The molecule has 3 aromatic carbocycles. The number of nitrogens with one attached hydrogen (secondary N) is 1. The molecular formula is C22H20BrNO4. The second kappa shape index (κ2) is 9.28. The number of benzene rings is 3. The van der Waals surface area contributed by atoms with Crippen molar-refractivity contribution in [3.63, 3.8) is 0 Å². The molecule has 28 heavy (non-hydrogen) atoms. The first-order valence-electron chi connectivity index (χ1n) is 8.67. The van der Waals surface area contributed by atoms with Crippen LogP contribution in [0.2, 0.25) is 0 Å². The van der Waals surface area contributed by atoms with Gasteiger partial charge in [-0.2, -0.15) is 0 Å². The number of methoxy groups -OCH3 is 1. The van der Waals surface area contributed by atoms with Gasteiger partial charge in [-0.15, -0.1) is 0 Å². The van der Waals surface area contributed by atoms with Gasteiger partial charge in [0.1, 0.15) is 18.1 Å². The van der Waals surface area contributed by atoms with Crippen LogP contribution >= 0.6 is 15.9 Å². The summed E-state index contributed by atoms with van der Waals surface area (Å²) in [6.45, 7) is 0.971. The molecule has 0 aliphatic carbocycles. The third-order valence-corrected chi connectivity index (χ3v) is 4.67. The maximum absolute atomic E-state index is 11.1. The average molecular weight is 442 g/mol. The summed E-state index contributed by atoms with van der Waals surface area (Å²) in [5, 5.41) is 12.4. The van der Waals surface area contributed by atoms with Crippen LogP contribution in [0.3, 0.4) is 0 Å². The maximum atomic E-state index is 11.1. The molecule has 0 bridgehead atoms. The van der Waals surface area contributed by atoms with Gasteiger partial charge in [-0.3, -0.25) is 0 Å². The van der Waals surface area contributed by atoms with Crippen molar-refractivity contribution in [2.24, 2.45) is 0 Å². The highest BCUT2D eigenvalue weighted by molar-refractivity contribution is 9.10. The first kappa shape index (κ1) is 19.8. The van der Waals surface area contributed by atoms with E-state index in [9.17, 15) is 4.79 Å². The Labute approximate surface area is 172 Å². The molecule has 0 aromatic heterocycles. The molecule has 0 saturated heterocycles. The minimum atomic E-state index is -0.992. The van der Waals surface area contributed by atoms with E-state index in [1.807, 2.05) is 48.5 Å². The van der Waals surface area contributed by atoms with Crippen LogP contribution < -0.4 is 14.8 Å². The zero-order valence-electron chi connectivity index (χ0n) is 15.3. The molecule has 0 radical (unpaired) electrons. The normalized spacial score (nSPS) is 10.4. The van der Waals surface area contributed by atoms with E-state index >= 15 is 0 Å². The highest BCUT2D eigenvalue weighted by Crippen LogP contribution is 2.29. The summed E-state index contributed by atoms with van der Waals surface area (Å²) in [5.74, 6) is 0.260. The molecule has 2 N–H and O–H groups in total. The Morgan fingerprint density at radius 2 is 1.82 bits per heavy atom. The van der Waals surface area contributed by atoms with Crippen molar-refractivity contribution in [3.8, 4) is 11.5 Å². The monoisotopic (exact) mass is 441 g/mol. The van der Waals surface area contributed by atoms with Crippen LogP contribution in [0.1, 0.15) is 21.5 Å². The second-order valence-electron chi connectivity index (χ2n) is 6.10. The summed E-state index contributed by atoms with van der Waals surface area (Å²) < 4.78 is 12.3. The molecule has 6 heteroatoms. The fourth-order valence-corrected chi connectivity index (χ4v) is 3.13. The highest BCUT2D eigenvalue weighted by atomic mass is 79.9. The summed E-state index contributed by atoms with van der Waals surface area (Å²) in [5.41, 5.74) is 2.95. The quantitative estimate of drug-likeness (QED) is 0.493. The van der Waals surface area contributed by atoms with Crippen LogP contribution in [-0.2, 0) is 13.2 Å². The van der Waals surface area contributed by atoms with E-state index in [4.69, 9.17) is 14.6 Å². The fourth-order valence-electron chi connectivity index (χ4n) is 2.72. The predicted molar refractivity (Wildman–Crippen MR) is 112 cm³/mol. The first-order chi connectivity index (χ1) is 13.6. The molecule has 0 saturated carbocycles. The van der Waals surface area contributed by atoms with Gasteiger partial charge in [0, 0.05) is 16.6 Å². The lowest BCUT2D eigenvalue weighted by Crippen LogP contribution is -2.06. The minimum absolute atomic E-state index is 0.178. The summed E-state index contributed by atoms with van der Waals surface area (Å²) in [6.07, 6.45) is 0. The summed E-state index contributed by atoms with van der Waals surface area (Å²) in [4.78, 5) is 11.1. The van der Waals surface area contributed by atoms with E-state index in [-0.39, 0.29) is 5.56 Å². The smallest absolute Gasteiger partial charge is 0.335 e. The lowest BCUT2D eigenvalue weighted by molar-refractivity contribution is 0.0696. The number of halogens is 1. The van der Waals surface area contributed by atoms with Gasteiger partial charge >= 0.3 is 5.97 Å². The van der Waals surface area contributed by atoms with Crippen LogP contribution in [0.15, 0.2) is 71.2 Å². The number of carbonyl (C=O) groups is 1. The summed E-state index contributed by atoms with van der Waals surface area (Å²) in [7, 11) is 1.51. The number of rotatable bonds is 8. The van der Waals surface area contributed by atoms with Gasteiger partial charge in [0.15, 0.2) is 0 Å². The van der Waals surface area contributed by atoms with E-state index in [0.717, 1.165) is 21.3 Å². The van der Waals surface area contributed by atoms with Crippen LogP contribution in [0.4, 0.5) is 5.69 Å². The topological polar surface area (TPSA) is 67.8 Å². The number of aromatic carboxylic acids is 1. The predicted octanol–water partition coefficient (Wildman–Crippen LogP) is 5.35. The van der Waals surface area contributed by atoms with E-state index in [1.165, 1.54) is 13.2 Å². The Hall–Kier alpha value is -2.99. The van der Waals surface area contributed by atoms with Crippen molar-refractivity contribution in [3.05, 3.63) is 87.9 Å². The van der Waals surface area contributed by atoms with Crippen LogP contribution in [0.25, 0.3) is 0 Å². The Morgan fingerprint density at radius 3 is 2.54 bits per heavy atom. The number of hydrogen-bond donors (Lipinski definition) is 2. The van der Waals surface area contributed by atoms with Gasteiger partial charge in [-0.25, -0.2) is 4.79 Å². The number of anilines is 1. The van der Waals surface area contributed by atoms with Crippen molar-refractivity contribution in [1.82, 2.24) is 0 Å². The number of carboxylic acids is 1. The fraction of sp³-hybridized carbons (Fsp3) is 0.136. The van der Waals surface area contributed by atoms with Crippen molar-refractivity contribution in [1.29, 1.82) is 0 Å². The van der Waals surface area contributed by atoms with Gasteiger partial charge in [-0.05, 0) is 42.0 Å². The maximum Gasteiger partial charge on any atom is 0.335 e. The van der Waals surface area contributed by atoms with Gasteiger partial charge in [0.05, 0.1) is 18.4 Å². The van der Waals surface area contributed by atoms with Crippen molar-refractivity contribution < 1.29 is 19.4 Å². The molecule has 0 spiro atoms. The molecule has 0 aliphatic heterocycles. The SMILES string of the molecule is COc1cc(C(=O)O)ccc1NCc1cc(Br)ccc1OCc1ccccc1. The Balaban J connectivity index is 1.75. The molecule has 0 unspecified atom stereocenters. The second-order valence-corrected chi connectivity index (χ2v) is 7.02. The first-order valence-corrected chi connectivity index (χ1v) is 9.46. The van der Waals surface area contributed by atoms with E-state index in [2.05, 4.69) is 21.2 Å². The summed E-state index contributed by atoms with van der Waals surface area (Å²) >= 11 is 3.50. The molecule has 0 fully saturated rings. The lowest BCUT2D eigenvalue weighted by atomic mass is 10.1.